The summed E-state index contributed by atoms with van der Waals surface area (Å²) >= 11 is 0. The molecule has 1 rings (SSSR count). The van der Waals surface area contributed by atoms with Crippen molar-refractivity contribution in [1.29, 1.82) is 0 Å². The number of oxazole rings is 1. The van der Waals surface area contributed by atoms with Gasteiger partial charge in [-0.2, -0.15) is 8.78 Å². The molecule has 3 nitrogen and oxygen atoms in total. The minimum absolute atomic E-state index is 0.139. The number of hydrogen-bond donors (Lipinski definition) is 0. The van der Waals surface area contributed by atoms with Gasteiger partial charge in [0.05, 0.1) is 6.20 Å². The monoisotopic (exact) mass is 161 g/mol. The summed E-state index contributed by atoms with van der Waals surface area (Å²) in [7, 11) is 0. The molecule has 0 aliphatic carbocycles. The van der Waals surface area contributed by atoms with Gasteiger partial charge in [0.25, 0.3) is 5.89 Å². The highest BCUT2D eigenvalue weighted by Gasteiger charge is 2.15. The van der Waals surface area contributed by atoms with Gasteiger partial charge < -0.3 is 4.42 Å². The average Bonchev–Trinajstić information content (AvgIpc) is 2.33. The van der Waals surface area contributed by atoms with Crippen molar-refractivity contribution in [2.75, 3.05) is 0 Å². The van der Waals surface area contributed by atoms with E-state index in [2.05, 4.69) is 9.40 Å². The van der Waals surface area contributed by atoms with Crippen LogP contribution in [0.4, 0.5) is 8.78 Å². The maximum absolute atomic E-state index is 11.8. The summed E-state index contributed by atoms with van der Waals surface area (Å²) in [5.74, 6) is -1.26. The van der Waals surface area contributed by atoms with E-state index in [4.69, 9.17) is 0 Å². The Balaban J connectivity index is 2.90. The molecule has 0 bridgehead atoms. The molecule has 11 heavy (non-hydrogen) atoms. The maximum Gasteiger partial charge on any atom is 0.313 e. The van der Waals surface area contributed by atoms with E-state index in [-0.39, 0.29) is 5.76 Å². The Hall–Kier alpha value is -1.26. The number of hydrogen-bond acceptors (Lipinski definition) is 3. The molecule has 1 aromatic rings. The van der Waals surface area contributed by atoms with E-state index >= 15 is 0 Å². The second-order valence-electron chi connectivity index (χ2n) is 1.92. The second-order valence-corrected chi connectivity index (χ2v) is 1.92. The van der Waals surface area contributed by atoms with Crippen LogP contribution in [0.3, 0.4) is 0 Å². The normalized spacial score (nSPS) is 10.5. The number of rotatable bonds is 2. The number of carbonyl (C=O) groups excluding carboxylic acids is 1. The van der Waals surface area contributed by atoms with Gasteiger partial charge in [-0.1, -0.05) is 0 Å². The topological polar surface area (TPSA) is 43.1 Å². The zero-order valence-electron chi connectivity index (χ0n) is 5.67. The highest BCUT2D eigenvalue weighted by atomic mass is 19.3. The molecular weight excluding hydrogens is 156 g/mol. The van der Waals surface area contributed by atoms with Gasteiger partial charge in [0.1, 0.15) is 0 Å². The lowest BCUT2D eigenvalue weighted by atomic mass is 10.4. The van der Waals surface area contributed by atoms with Crippen molar-refractivity contribution in [3.63, 3.8) is 0 Å². The van der Waals surface area contributed by atoms with Crippen LogP contribution in [0.15, 0.2) is 10.6 Å². The van der Waals surface area contributed by atoms with E-state index in [0.717, 1.165) is 6.20 Å². The molecule has 0 aromatic carbocycles. The standard InChI is InChI=1S/C6H5F2NO2/c1-3(10)4-2-9-6(11-4)5(7)8/h2,5H,1H3. The molecule has 5 heteroatoms. The van der Waals surface area contributed by atoms with Crippen LogP contribution < -0.4 is 0 Å². The Morgan fingerprint density at radius 1 is 1.73 bits per heavy atom. The van der Waals surface area contributed by atoms with Gasteiger partial charge in [0, 0.05) is 6.92 Å². The third kappa shape index (κ3) is 1.60. The molecule has 1 aromatic heterocycles. The number of aromatic nitrogens is 1. The third-order valence-electron chi connectivity index (χ3n) is 1.06. The largest absolute Gasteiger partial charge is 0.432 e. The molecule has 1 heterocycles. The van der Waals surface area contributed by atoms with Crippen LogP contribution in [0.25, 0.3) is 0 Å². The minimum Gasteiger partial charge on any atom is -0.432 e. The third-order valence-corrected chi connectivity index (χ3v) is 1.06. The lowest BCUT2D eigenvalue weighted by Gasteiger charge is -1.88. The minimum atomic E-state index is -2.76. The molecule has 60 valence electrons. The number of carbonyl (C=O) groups is 1. The van der Waals surface area contributed by atoms with Gasteiger partial charge in [0.15, 0.2) is 11.5 Å². The number of alkyl halides is 2. The van der Waals surface area contributed by atoms with Crippen LogP contribution in [0.5, 0.6) is 0 Å². The summed E-state index contributed by atoms with van der Waals surface area (Å²) in [4.78, 5) is 13.7. The Labute approximate surface area is 61.0 Å². The first-order chi connectivity index (χ1) is 5.11. The predicted octanol–water partition coefficient (Wildman–Crippen LogP) is 1.81. The van der Waals surface area contributed by atoms with Crippen LogP contribution in [0.1, 0.15) is 29.8 Å². The van der Waals surface area contributed by atoms with E-state index in [1.165, 1.54) is 6.92 Å². The summed E-state index contributed by atoms with van der Waals surface area (Å²) in [5, 5.41) is 0. The zero-order valence-corrected chi connectivity index (χ0v) is 5.67. The molecule has 0 saturated heterocycles. The predicted molar refractivity (Wildman–Crippen MR) is 31.5 cm³/mol. The Kier molecular flexibility index (Phi) is 1.98. The number of ketones is 1. The maximum atomic E-state index is 11.8. The van der Waals surface area contributed by atoms with Crippen LogP contribution >= 0.6 is 0 Å². The Morgan fingerprint density at radius 2 is 2.36 bits per heavy atom. The summed E-state index contributed by atoms with van der Waals surface area (Å²) in [6, 6.07) is 0. The number of halogens is 2. The molecule has 0 amide bonds. The second kappa shape index (κ2) is 2.77. The van der Waals surface area contributed by atoms with Gasteiger partial charge >= 0.3 is 6.43 Å². The fourth-order valence-electron chi connectivity index (χ4n) is 0.551. The molecule has 0 fully saturated rings. The highest BCUT2D eigenvalue weighted by molar-refractivity contribution is 5.90. The SMILES string of the molecule is CC(=O)c1cnc(C(F)F)o1. The molecule has 0 saturated carbocycles. The lowest BCUT2D eigenvalue weighted by molar-refractivity contribution is 0.0947. The van der Waals surface area contributed by atoms with Crippen molar-refractivity contribution in [1.82, 2.24) is 4.98 Å². The molecule has 0 spiro atoms. The number of nitrogens with zero attached hydrogens (tertiary/aromatic N) is 1. The van der Waals surface area contributed by atoms with Crippen LogP contribution in [-0.4, -0.2) is 10.8 Å². The fraction of sp³-hybridized carbons (Fsp3) is 0.333. The van der Waals surface area contributed by atoms with E-state index in [1.807, 2.05) is 0 Å². The first kappa shape index (κ1) is 7.84. The van der Waals surface area contributed by atoms with E-state index in [0.29, 0.717) is 0 Å². The Bertz CT molecular complexity index is 269. The van der Waals surface area contributed by atoms with E-state index in [1.54, 1.807) is 0 Å². The van der Waals surface area contributed by atoms with Crippen molar-refractivity contribution in [2.24, 2.45) is 0 Å². The van der Waals surface area contributed by atoms with Crippen LogP contribution in [-0.2, 0) is 0 Å². The fourth-order valence-corrected chi connectivity index (χ4v) is 0.551. The summed E-state index contributed by atoms with van der Waals surface area (Å²) in [5.41, 5.74) is 0. The van der Waals surface area contributed by atoms with Crippen LogP contribution in [0, 0.1) is 0 Å². The average molecular weight is 161 g/mol. The van der Waals surface area contributed by atoms with E-state index < -0.39 is 18.1 Å². The van der Waals surface area contributed by atoms with Gasteiger partial charge in [-0.15, -0.1) is 0 Å². The summed E-state index contributed by atoms with van der Waals surface area (Å²) in [6.07, 6.45) is -1.77. The first-order valence-electron chi connectivity index (χ1n) is 2.86. The smallest absolute Gasteiger partial charge is 0.313 e. The zero-order chi connectivity index (χ0) is 8.43. The van der Waals surface area contributed by atoms with E-state index in [9.17, 15) is 13.6 Å². The van der Waals surface area contributed by atoms with Gasteiger partial charge in [-0.25, -0.2) is 4.98 Å². The van der Waals surface area contributed by atoms with Crippen molar-refractivity contribution in [3.8, 4) is 0 Å². The van der Waals surface area contributed by atoms with Crippen molar-refractivity contribution >= 4 is 5.78 Å². The molecule has 0 radical (unpaired) electrons. The van der Waals surface area contributed by atoms with Crippen molar-refractivity contribution in [2.45, 2.75) is 13.3 Å². The molecule has 0 aliphatic rings. The van der Waals surface area contributed by atoms with Gasteiger partial charge in [-0.05, 0) is 0 Å². The Morgan fingerprint density at radius 3 is 2.64 bits per heavy atom. The summed E-state index contributed by atoms with van der Waals surface area (Å²) < 4.78 is 27.9. The quantitative estimate of drug-likeness (QED) is 0.621. The lowest BCUT2D eigenvalue weighted by Crippen LogP contribution is -1.86. The molecule has 0 atom stereocenters. The molecular formula is C6H5F2NO2. The van der Waals surface area contributed by atoms with Crippen molar-refractivity contribution in [3.05, 3.63) is 17.8 Å². The molecule has 0 aliphatic heterocycles. The van der Waals surface area contributed by atoms with Crippen LogP contribution in [0.2, 0.25) is 0 Å². The summed E-state index contributed by atoms with van der Waals surface area (Å²) in [6.45, 7) is 1.22. The number of Topliss-reactive ketones (excluding diaryl/α,β-unsaturated/α-hetero) is 1. The van der Waals surface area contributed by atoms with Crippen molar-refractivity contribution < 1.29 is 18.0 Å². The molecule has 0 N–H and O–H groups in total. The molecule has 0 unspecified atom stereocenters. The first-order valence-corrected chi connectivity index (χ1v) is 2.86. The van der Waals surface area contributed by atoms with Gasteiger partial charge in [0.2, 0.25) is 0 Å². The van der Waals surface area contributed by atoms with Gasteiger partial charge in [-0.3, -0.25) is 4.79 Å². The highest BCUT2D eigenvalue weighted by Crippen LogP contribution is 2.17.